The van der Waals surface area contributed by atoms with Gasteiger partial charge in [-0.2, -0.15) is 0 Å². The zero-order valence-electron chi connectivity index (χ0n) is 10.0. The van der Waals surface area contributed by atoms with E-state index < -0.39 is 0 Å². The molecule has 94 valence electrons. The van der Waals surface area contributed by atoms with Crippen LogP contribution in [-0.4, -0.2) is 48.6 Å². The number of anilines is 1. The number of rotatable bonds is 4. The fraction of sp³-hybridized carbons (Fsp3) is 0.636. The second kappa shape index (κ2) is 5.67. The quantitative estimate of drug-likeness (QED) is 0.465. The van der Waals surface area contributed by atoms with Gasteiger partial charge in [-0.3, -0.25) is 0 Å². The summed E-state index contributed by atoms with van der Waals surface area (Å²) in [6.07, 6.45) is 2.69. The topological polar surface area (TPSA) is 32.3 Å². The van der Waals surface area contributed by atoms with Crippen LogP contribution in [-0.2, 0) is 0 Å². The van der Waals surface area contributed by atoms with Crippen molar-refractivity contribution in [3.05, 3.63) is 17.0 Å². The molecule has 17 heavy (non-hydrogen) atoms. The molecule has 0 aromatic carbocycles. The van der Waals surface area contributed by atoms with E-state index in [0.29, 0.717) is 9.08 Å². The molecule has 1 aromatic heterocycles. The molecule has 0 N–H and O–H groups in total. The number of fused-ring (bicyclic) bond motifs is 1. The van der Waals surface area contributed by atoms with Gasteiger partial charge in [0, 0.05) is 18.7 Å². The number of halogens is 2. The van der Waals surface area contributed by atoms with Gasteiger partial charge >= 0.3 is 0 Å². The zero-order chi connectivity index (χ0) is 12.4. The molecule has 1 aromatic rings. The molecule has 0 saturated carbocycles. The van der Waals surface area contributed by atoms with E-state index in [-0.39, 0.29) is 0 Å². The lowest BCUT2D eigenvalue weighted by atomic mass is 10.3. The Morgan fingerprint density at radius 3 is 3.00 bits per heavy atom. The van der Waals surface area contributed by atoms with Crippen LogP contribution in [0.4, 0.5) is 5.82 Å². The van der Waals surface area contributed by atoms with E-state index in [1.807, 2.05) is 0 Å². The van der Waals surface area contributed by atoms with Gasteiger partial charge in [-0.05, 0) is 27.1 Å². The molecule has 0 radical (unpaired) electrons. The highest BCUT2D eigenvalue weighted by Crippen LogP contribution is 2.41. The largest absolute Gasteiger partial charge is 0.355 e. The summed E-state index contributed by atoms with van der Waals surface area (Å²) in [5, 5.41) is 0.601. The summed E-state index contributed by atoms with van der Waals surface area (Å²) >= 11 is 8.54. The number of alkyl halides is 1. The molecule has 0 fully saturated rings. The first-order chi connectivity index (χ1) is 8.09. The van der Waals surface area contributed by atoms with Crippen molar-refractivity contribution in [3.8, 4) is 0 Å². The molecule has 0 spiro atoms. The van der Waals surface area contributed by atoms with Crippen LogP contribution >= 0.6 is 34.2 Å². The monoisotopic (exact) mass is 366 g/mol. The van der Waals surface area contributed by atoms with Crippen LogP contribution in [0, 0.1) is 0 Å². The Kier molecular flexibility index (Phi) is 4.43. The van der Waals surface area contributed by atoms with Gasteiger partial charge in [-0.25, -0.2) is 9.97 Å². The molecular formula is C11H16ClIN4. The Morgan fingerprint density at radius 1 is 1.53 bits per heavy atom. The Morgan fingerprint density at radius 2 is 2.29 bits per heavy atom. The van der Waals surface area contributed by atoms with Crippen LogP contribution in [0.2, 0.25) is 5.15 Å². The molecule has 0 saturated heterocycles. The summed E-state index contributed by atoms with van der Waals surface area (Å²) in [5.41, 5.74) is 1.10. The van der Waals surface area contributed by atoms with Crippen LogP contribution in [0.15, 0.2) is 6.33 Å². The van der Waals surface area contributed by atoms with Crippen molar-refractivity contribution in [3.63, 3.8) is 0 Å². The van der Waals surface area contributed by atoms with Gasteiger partial charge in [-0.15, -0.1) is 0 Å². The summed E-state index contributed by atoms with van der Waals surface area (Å²) in [6, 6.07) is 0. The maximum Gasteiger partial charge on any atom is 0.138 e. The standard InChI is InChI=1S/C11H16ClIN4/c1-16(2)4-3-5-17-6-8(13)9-10(12)14-7-15-11(9)17/h7-8H,3-6H2,1-2H3. The van der Waals surface area contributed by atoms with Crippen molar-refractivity contribution < 1.29 is 0 Å². The number of hydrogen-bond acceptors (Lipinski definition) is 4. The van der Waals surface area contributed by atoms with Crippen LogP contribution in [0.1, 0.15) is 15.9 Å². The average molecular weight is 367 g/mol. The first kappa shape index (κ1) is 13.3. The van der Waals surface area contributed by atoms with Crippen molar-refractivity contribution in [2.45, 2.75) is 10.3 Å². The third-order valence-corrected chi connectivity index (χ3v) is 4.16. The van der Waals surface area contributed by atoms with Gasteiger partial charge in [0.1, 0.15) is 17.3 Å². The molecule has 0 aliphatic carbocycles. The van der Waals surface area contributed by atoms with E-state index in [9.17, 15) is 0 Å². The Bertz CT molecular complexity index is 399. The van der Waals surface area contributed by atoms with E-state index in [4.69, 9.17) is 11.6 Å². The lowest BCUT2D eigenvalue weighted by Crippen LogP contribution is -2.26. The number of nitrogens with zero attached hydrogens (tertiary/aromatic N) is 4. The second-order valence-corrected chi connectivity index (χ2v) is 6.33. The van der Waals surface area contributed by atoms with Crippen molar-refractivity contribution >= 4 is 40.0 Å². The van der Waals surface area contributed by atoms with E-state index in [0.717, 1.165) is 37.4 Å². The first-order valence-corrected chi connectivity index (χ1v) is 7.26. The SMILES string of the molecule is CN(C)CCCN1CC(I)c2c(Cl)ncnc21. The van der Waals surface area contributed by atoms with Crippen molar-refractivity contribution in [2.24, 2.45) is 0 Å². The smallest absolute Gasteiger partial charge is 0.138 e. The predicted octanol–water partition coefficient (Wildman–Crippen LogP) is 2.38. The van der Waals surface area contributed by atoms with Gasteiger partial charge in [0.15, 0.2) is 0 Å². The maximum absolute atomic E-state index is 6.12. The van der Waals surface area contributed by atoms with Gasteiger partial charge in [0.05, 0.1) is 3.92 Å². The zero-order valence-corrected chi connectivity index (χ0v) is 12.9. The average Bonchev–Trinajstić information content (AvgIpc) is 2.57. The van der Waals surface area contributed by atoms with Gasteiger partial charge < -0.3 is 9.80 Å². The highest BCUT2D eigenvalue weighted by molar-refractivity contribution is 14.1. The minimum atomic E-state index is 0.399. The normalized spacial score (nSPS) is 18.9. The minimum Gasteiger partial charge on any atom is -0.355 e. The van der Waals surface area contributed by atoms with Gasteiger partial charge in [0.2, 0.25) is 0 Å². The third-order valence-electron chi connectivity index (χ3n) is 2.84. The van der Waals surface area contributed by atoms with E-state index >= 15 is 0 Å². The summed E-state index contributed by atoms with van der Waals surface area (Å²) < 4.78 is 0.399. The molecule has 1 aliphatic heterocycles. The number of aromatic nitrogens is 2. The Balaban J connectivity index is 2.06. The summed E-state index contributed by atoms with van der Waals surface area (Å²) in [5.74, 6) is 1.02. The summed E-state index contributed by atoms with van der Waals surface area (Å²) in [4.78, 5) is 12.9. The van der Waals surface area contributed by atoms with Crippen LogP contribution in [0.5, 0.6) is 0 Å². The van der Waals surface area contributed by atoms with Gasteiger partial charge in [0.25, 0.3) is 0 Å². The fourth-order valence-corrected chi connectivity index (χ4v) is 3.53. The first-order valence-electron chi connectivity index (χ1n) is 5.63. The van der Waals surface area contributed by atoms with Crippen molar-refractivity contribution in [1.29, 1.82) is 0 Å². The Labute approximate surface area is 121 Å². The summed E-state index contributed by atoms with van der Waals surface area (Å²) in [6.45, 7) is 3.11. The molecule has 2 heterocycles. The van der Waals surface area contributed by atoms with Crippen molar-refractivity contribution in [2.75, 3.05) is 38.6 Å². The van der Waals surface area contributed by atoms with Crippen molar-refractivity contribution in [1.82, 2.24) is 14.9 Å². The molecule has 4 nitrogen and oxygen atoms in total. The molecule has 6 heteroatoms. The van der Waals surface area contributed by atoms with Crippen LogP contribution < -0.4 is 4.90 Å². The third kappa shape index (κ3) is 3.00. The minimum absolute atomic E-state index is 0.399. The van der Waals surface area contributed by atoms with Gasteiger partial charge in [-0.1, -0.05) is 34.2 Å². The Hall–Kier alpha value is -0.140. The molecule has 1 aliphatic rings. The highest BCUT2D eigenvalue weighted by atomic mass is 127. The highest BCUT2D eigenvalue weighted by Gasteiger charge is 2.30. The molecule has 0 bridgehead atoms. The molecule has 0 amide bonds. The number of hydrogen-bond donors (Lipinski definition) is 0. The van der Waals surface area contributed by atoms with Crippen LogP contribution in [0.3, 0.4) is 0 Å². The summed E-state index contributed by atoms with van der Waals surface area (Å²) in [7, 11) is 4.19. The lowest BCUT2D eigenvalue weighted by molar-refractivity contribution is 0.401. The molecule has 1 unspecified atom stereocenters. The van der Waals surface area contributed by atoms with E-state index in [1.165, 1.54) is 0 Å². The maximum atomic E-state index is 6.12. The van der Waals surface area contributed by atoms with E-state index in [1.54, 1.807) is 6.33 Å². The second-order valence-electron chi connectivity index (χ2n) is 4.47. The van der Waals surface area contributed by atoms with E-state index in [2.05, 4.69) is 56.5 Å². The fourth-order valence-electron chi connectivity index (χ4n) is 2.03. The molecule has 2 rings (SSSR count). The molecule has 1 atom stereocenters. The molecular weight excluding hydrogens is 351 g/mol. The predicted molar refractivity (Wildman–Crippen MR) is 79.2 cm³/mol. The lowest BCUT2D eigenvalue weighted by Gasteiger charge is -2.19. The van der Waals surface area contributed by atoms with Crippen LogP contribution in [0.25, 0.3) is 0 Å².